The second-order valence-corrected chi connectivity index (χ2v) is 2.44. The fourth-order valence-corrected chi connectivity index (χ4v) is 0.894. The van der Waals surface area contributed by atoms with Crippen LogP contribution in [-0.2, 0) is 6.18 Å². The lowest BCUT2D eigenvalue weighted by Gasteiger charge is -2.08. The monoisotopic (exact) mass is 223 g/mol. The van der Waals surface area contributed by atoms with E-state index in [0.717, 1.165) is 12.1 Å². The number of nitrogens with one attached hydrogen (secondary N) is 1. The van der Waals surface area contributed by atoms with Gasteiger partial charge in [0.15, 0.2) is 0 Å². The molecule has 0 atom stereocenters. The molecule has 0 unspecified atom stereocenters. The molecule has 0 amide bonds. The Morgan fingerprint density at radius 2 is 1.67 bits per heavy atom. The molecule has 1 aromatic carbocycles. The first-order valence-corrected chi connectivity index (χ1v) is 4.49. The highest BCUT2D eigenvalue weighted by molar-refractivity contribution is 5.46. The number of rotatable bonds is 1. The Kier molecular flexibility index (Phi) is 5.11. The first-order valence-electron chi connectivity index (χ1n) is 4.49. The average molecular weight is 223 g/mol. The van der Waals surface area contributed by atoms with Crippen LogP contribution in [0.25, 0.3) is 0 Å². The van der Waals surface area contributed by atoms with Gasteiger partial charge >= 0.3 is 6.18 Å². The third kappa shape index (κ3) is 3.77. The van der Waals surface area contributed by atoms with Crippen LogP contribution in [0.3, 0.4) is 0 Å². The maximum Gasteiger partial charge on any atom is 0.416 e. The largest absolute Gasteiger partial charge is 0.416 e. The van der Waals surface area contributed by atoms with Crippen molar-refractivity contribution in [2.45, 2.75) is 20.0 Å². The molecule has 0 radical (unpaired) electrons. The molecule has 0 saturated carbocycles. The summed E-state index contributed by atoms with van der Waals surface area (Å²) < 4.78 is 48.9. The molecule has 0 saturated heterocycles. The predicted molar refractivity (Wildman–Crippen MR) is 52.3 cm³/mol. The molecule has 0 spiro atoms. The molecule has 0 fully saturated rings. The summed E-state index contributed by atoms with van der Waals surface area (Å²) in [5, 5.41) is 2.43. The van der Waals surface area contributed by atoms with Gasteiger partial charge in [-0.3, -0.25) is 0 Å². The van der Waals surface area contributed by atoms with E-state index in [1.165, 1.54) is 7.05 Å². The van der Waals surface area contributed by atoms with Crippen LogP contribution in [0.5, 0.6) is 0 Å². The fourth-order valence-electron chi connectivity index (χ4n) is 0.894. The predicted octanol–water partition coefficient (Wildman–Crippen LogP) is 3.91. The number of halogens is 4. The molecule has 86 valence electrons. The molecule has 0 bridgehead atoms. The van der Waals surface area contributed by atoms with Crippen LogP contribution in [0.15, 0.2) is 18.2 Å². The maximum absolute atomic E-state index is 12.8. The van der Waals surface area contributed by atoms with Crippen molar-refractivity contribution >= 4 is 5.69 Å². The van der Waals surface area contributed by atoms with Crippen LogP contribution in [0.2, 0.25) is 0 Å². The van der Waals surface area contributed by atoms with Crippen molar-refractivity contribution in [3.8, 4) is 0 Å². The molecule has 0 aliphatic rings. The van der Waals surface area contributed by atoms with Gasteiger partial charge in [0.2, 0.25) is 0 Å². The van der Waals surface area contributed by atoms with Crippen molar-refractivity contribution in [3.63, 3.8) is 0 Å². The molecule has 1 aromatic rings. The Morgan fingerprint density at radius 1 is 1.13 bits per heavy atom. The summed E-state index contributed by atoms with van der Waals surface area (Å²) in [4.78, 5) is 0. The van der Waals surface area contributed by atoms with E-state index in [2.05, 4.69) is 5.32 Å². The quantitative estimate of drug-likeness (QED) is 0.711. The van der Waals surface area contributed by atoms with Gasteiger partial charge in [-0.2, -0.15) is 13.2 Å². The summed E-state index contributed by atoms with van der Waals surface area (Å²) in [6.45, 7) is 4.00. The average Bonchev–Trinajstić information content (AvgIpc) is 2.19. The second-order valence-electron chi connectivity index (χ2n) is 2.44. The number of anilines is 1. The smallest absolute Gasteiger partial charge is 0.386 e. The van der Waals surface area contributed by atoms with Gasteiger partial charge in [0.05, 0.1) is 11.3 Å². The molecule has 0 aliphatic heterocycles. The van der Waals surface area contributed by atoms with Gasteiger partial charge < -0.3 is 5.32 Å². The fraction of sp³-hybridized carbons (Fsp3) is 0.400. The Balaban J connectivity index is 0.000000921. The van der Waals surface area contributed by atoms with Gasteiger partial charge in [-0.1, -0.05) is 13.8 Å². The van der Waals surface area contributed by atoms with Gasteiger partial charge in [0.1, 0.15) is 5.82 Å². The van der Waals surface area contributed by atoms with E-state index < -0.39 is 17.6 Å². The van der Waals surface area contributed by atoms with E-state index >= 15 is 0 Å². The first-order chi connectivity index (χ1) is 6.95. The lowest BCUT2D eigenvalue weighted by Crippen LogP contribution is -2.06. The normalized spacial score (nSPS) is 10.3. The SMILES string of the molecule is CC.CNc1ccc(C(F)(F)F)cc1F. The molecule has 0 aromatic heterocycles. The minimum Gasteiger partial charge on any atom is -0.386 e. The number of benzene rings is 1. The van der Waals surface area contributed by atoms with E-state index in [9.17, 15) is 17.6 Å². The number of hydrogen-bond acceptors (Lipinski definition) is 1. The summed E-state index contributed by atoms with van der Waals surface area (Å²) in [6.07, 6.45) is -4.49. The van der Waals surface area contributed by atoms with E-state index in [1.54, 1.807) is 0 Å². The van der Waals surface area contributed by atoms with Crippen molar-refractivity contribution in [1.29, 1.82) is 0 Å². The van der Waals surface area contributed by atoms with Gasteiger partial charge in [-0.15, -0.1) is 0 Å². The molecule has 15 heavy (non-hydrogen) atoms. The zero-order chi connectivity index (χ0) is 12.1. The van der Waals surface area contributed by atoms with Gasteiger partial charge in [-0.25, -0.2) is 4.39 Å². The highest BCUT2D eigenvalue weighted by atomic mass is 19.4. The topological polar surface area (TPSA) is 12.0 Å². The summed E-state index contributed by atoms with van der Waals surface area (Å²) in [6, 6.07) is 2.35. The van der Waals surface area contributed by atoms with Gasteiger partial charge in [0, 0.05) is 7.05 Å². The van der Waals surface area contributed by atoms with Crippen LogP contribution in [0.1, 0.15) is 19.4 Å². The highest BCUT2D eigenvalue weighted by Gasteiger charge is 2.30. The zero-order valence-corrected chi connectivity index (χ0v) is 8.74. The van der Waals surface area contributed by atoms with Crippen LogP contribution < -0.4 is 5.32 Å². The van der Waals surface area contributed by atoms with Crippen molar-refractivity contribution in [3.05, 3.63) is 29.6 Å². The summed E-state index contributed by atoms with van der Waals surface area (Å²) >= 11 is 0. The molecular weight excluding hydrogens is 210 g/mol. The molecule has 0 aliphatic carbocycles. The standard InChI is InChI=1S/C8H7F4N.C2H6/c1-13-7-3-2-5(4-6(7)9)8(10,11)12;1-2/h2-4,13H,1H3;1-2H3. The van der Waals surface area contributed by atoms with Crippen molar-refractivity contribution in [2.24, 2.45) is 0 Å². The van der Waals surface area contributed by atoms with Crippen LogP contribution in [0.4, 0.5) is 23.2 Å². The first kappa shape index (κ1) is 13.7. The van der Waals surface area contributed by atoms with Gasteiger partial charge in [-0.05, 0) is 18.2 Å². The molecular formula is C10H13F4N. The van der Waals surface area contributed by atoms with E-state index in [0.29, 0.717) is 6.07 Å². The molecule has 5 heteroatoms. The Bertz CT molecular complexity index is 307. The molecule has 0 heterocycles. The van der Waals surface area contributed by atoms with Crippen LogP contribution >= 0.6 is 0 Å². The Labute approximate surface area is 86.1 Å². The van der Waals surface area contributed by atoms with Crippen molar-refractivity contribution in [1.82, 2.24) is 0 Å². The van der Waals surface area contributed by atoms with Crippen LogP contribution in [-0.4, -0.2) is 7.05 Å². The van der Waals surface area contributed by atoms with Gasteiger partial charge in [0.25, 0.3) is 0 Å². The third-order valence-electron chi connectivity index (χ3n) is 1.57. The molecule has 1 nitrogen and oxygen atoms in total. The van der Waals surface area contributed by atoms with Crippen molar-refractivity contribution in [2.75, 3.05) is 12.4 Å². The lowest BCUT2D eigenvalue weighted by molar-refractivity contribution is -0.137. The summed E-state index contributed by atoms with van der Waals surface area (Å²) in [5.41, 5.74) is -0.933. The molecule has 1 rings (SSSR count). The van der Waals surface area contributed by atoms with E-state index in [1.807, 2.05) is 13.8 Å². The third-order valence-corrected chi connectivity index (χ3v) is 1.57. The Morgan fingerprint density at radius 3 is 2.00 bits per heavy atom. The number of alkyl halides is 3. The van der Waals surface area contributed by atoms with E-state index in [-0.39, 0.29) is 5.69 Å². The Hall–Kier alpha value is -1.26. The minimum absolute atomic E-state index is 0.0491. The highest BCUT2D eigenvalue weighted by Crippen LogP contribution is 2.30. The summed E-state index contributed by atoms with van der Waals surface area (Å²) in [5.74, 6) is -0.905. The molecule has 1 N–H and O–H groups in total. The van der Waals surface area contributed by atoms with Crippen molar-refractivity contribution < 1.29 is 17.6 Å². The van der Waals surface area contributed by atoms with E-state index in [4.69, 9.17) is 0 Å². The lowest BCUT2D eigenvalue weighted by atomic mass is 10.2. The second kappa shape index (κ2) is 5.58. The summed E-state index contributed by atoms with van der Waals surface area (Å²) in [7, 11) is 1.44. The minimum atomic E-state index is -4.49. The zero-order valence-electron chi connectivity index (χ0n) is 8.74. The maximum atomic E-state index is 12.8. The number of hydrogen-bond donors (Lipinski definition) is 1. The van der Waals surface area contributed by atoms with Crippen LogP contribution in [0, 0.1) is 5.82 Å².